The van der Waals surface area contributed by atoms with Gasteiger partial charge in [-0.2, -0.15) is 0 Å². The Morgan fingerprint density at radius 3 is 2.83 bits per heavy atom. The molecule has 4 nitrogen and oxygen atoms in total. The van der Waals surface area contributed by atoms with Gasteiger partial charge in [0.05, 0.1) is 0 Å². The van der Waals surface area contributed by atoms with E-state index in [2.05, 4.69) is 17.6 Å². The molecular formula is C20H24N2O2. The summed E-state index contributed by atoms with van der Waals surface area (Å²) < 4.78 is 5.80. The Labute approximate surface area is 143 Å². The van der Waals surface area contributed by atoms with Gasteiger partial charge in [-0.25, -0.2) is 0 Å². The molecule has 2 aromatic carbocycles. The van der Waals surface area contributed by atoms with E-state index in [0.717, 1.165) is 25.1 Å². The molecule has 4 heteroatoms. The molecule has 0 aliphatic carbocycles. The summed E-state index contributed by atoms with van der Waals surface area (Å²) >= 11 is 0. The molecule has 2 aromatic rings. The van der Waals surface area contributed by atoms with Gasteiger partial charge in [0.2, 0.25) is 0 Å². The van der Waals surface area contributed by atoms with E-state index >= 15 is 0 Å². The highest BCUT2D eigenvalue weighted by molar-refractivity contribution is 5.94. The highest BCUT2D eigenvalue weighted by atomic mass is 16.5. The lowest BCUT2D eigenvalue weighted by atomic mass is 9.94. The lowest BCUT2D eigenvalue weighted by molar-refractivity contribution is 0.0914. The van der Waals surface area contributed by atoms with Gasteiger partial charge in [0, 0.05) is 18.2 Å². The van der Waals surface area contributed by atoms with Crippen molar-refractivity contribution in [3.63, 3.8) is 0 Å². The molecule has 1 saturated heterocycles. The second-order valence-electron chi connectivity index (χ2n) is 6.35. The van der Waals surface area contributed by atoms with Crippen LogP contribution in [0.25, 0.3) is 0 Å². The van der Waals surface area contributed by atoms with Crippen molar-refractivity contribution in [2.45, 2.75) is 26.0 Å². The third kappa shape index (κ3) is 4.36. The normalized spacial score (nSPS) is 20.4. The van der Waals surface area contributed by atoms with E-state index in [-0.39, 0.29) is 11.9 Å². The number of benzene rings is 2. The first-order chi connectivity index (χ1) is 11.7. The first-order valence-electron chi connectivity index (χ1n) is 8.51. The number of hydrogen-bond acceptors (Lipinski definition) is 3. The molecule has 1 aliphatic rings. The Balaban J connectivity index is 1.60. The van der Waals surface area contributed by atoms with E-state index in [9.17, 15) is 4.79 Å². The fraction of sp³-hybridized carbons (Fsp3) is 0.350. The van der Waals surface area contributed by atoms with Crippen molar-refractivity contribution in [2.24, 2.45) is 5.92 Å². The Morgan fingerprint density at radius 2 is 2.04 bits per heavy atom. The van der Waals surface area contributed by atoms with Crippen molar-refractivity contribution in [3.05, 3.63) is 65.7 Å². The highest BCUT2D eigenvalue weighted by Gasteiger charge is 2.23. The van der Waals surface area contributed by atoms with Gasteiger partial charge in [0.1, 0.15) is 12.4 Å². The van der Waals surface area contributed by atoms with Crippen LogP contribution in [-0.2, 0) is 6.61 Å². The van der Waals surface area contributed by atoms with Crippen LogP contribution >= 0.6 is 0 Å². The van der Waals surface area contributed by atoms with Crippen LogP contribution in [0.4, 0.5) is 0 Å². The number of nitrogens with one attached hydrogen (secondary N) is 2. The third-order valence-electron chi connectivity index (χ3n) is 4.49. The van der Waals surface area contributed by atoms with Gasteiger partial charge in [-0.05, 0) is 42.6 Å². The van der Waals surface area contributed by atoms with Crippen LogP contribution < -0.4 is 15.4 Å². The molecule has 0 bridgehead atoms. The van der Waals surface area contributed by atoms with Crippen molar-refractivity contribution in [3.8, 4) is 5.75 Å². The van der Waals surface area contributed by atoms with E-state index in [1.54, 1.807) is 6.07 Å². The van der Waals surface area contributed by atoms with Crippen molar-refractivity contribution >= 4 is 5.91 Å². The van der Waals surface area contributed by atoms with Crippen LogP contribution in [0.15, 0.2) is 54.6 Å². The molecule has 2 unspecified atom stereocenters. The van der Waals surface area contributed by atoms with E-state index in [4.69, 9.17) is 4.74 Å². The van der Waals surface area contributed by atoms with Gasteiger partial charge < -0.3 is 15.4 Å². The van der Waals surface area contributed by atoms with Crippen molar-refractivity contribution in [2.75, 3.05) is 13.1 Å². The zero-order valence-corrected chi connectivity index (χ0v) is 14.0. The summed E-state index contributed by atoms with van der Waals surface area (Å²) in [5.74, 6) is 1.16. The number of carbonyl (C=O) groups excluding carboxylic acids is 1. The standard InChI is InChI=1S/C20H24N2O2/c1-15-10-11-21-13-19(15)22-20(23)17-8-5-9-18(12-17)24-14-16-6-3-2-4-7-16/h2-9,12,15,19,21H,10-11,13-14H2,1H3,(H,22,23). The number of carbonyl (C=O) groups is 1. The van der Waals surface area contributed by atoms with Crippen LogP contribution in [0.2, 0.25) is 0 Å². The molecule has 0 radical (unpaired) electrons. The van der Waals surface area contributed by atoms with Gasteiger partial charge in [-0.1, -0.05) is 43.3 Å². The largest absolute Gasteiger partial charge is 0.489 e. The lowest BCUT2D eigenvalue weighted by Gasteiger charge is -2.30. The topological polar surface area (TPSA) is 50.4 Å². The van der Waals surface area contributed by atoms with E-state index in [1.807, 2.05) is 48.5 Å². The van der Waals surface area contributed by atoms with Crippen molar-refractivity contribution < 1.29 is 9.53 Å². The first kappa shape index (κ1) is 16.5. The molecule has 24 heavy (non-hydrogen) atoms. The highest BCUT2D eigenvalue weighted by Crippen LogP contribution is 2.17. The minimum absolute atomic E-state index is 0.0410. The van der Waals surface area contributed by atoms with Crippen LogP contribution in [0.3, 0.4) is 0 Å². The molecule has 1 fully saturated rings. The fourth-order valence-corrected chi connectivity index (χ4v) is 2.90. The minimum atomic E-state index is -0.0410. The lowest BCUT2D eigenvalue weighted by Crippen LogP contribution is -2.50. The predicted molar refractivity (Wildman–Crippen MR) is 95.1 cm³/mol. The number of hydrogen-bond donors (Lipinski definition) is 2. The number of piperidine rings is 1. The minimum Gasteiger partial charge on any atom is -0.489 e. The van der Waals surface area contributed by atoms with Crippen LogP contribution in [0.5, 0.6) is 5.75 Å². The van der Waals surface area contributed by atoms with E-state index < -0.39 is 0 Å². The Bertz CT molecular complexity index is 672. The van der Waals surface area contributed by atoms with E-state index in [0.29, 0.717) is 23.8 Å². The predicted octanol–water partition coefficient (Wildman–Crippen LogP) is 2.99. The molecule has 1 amide bonds. The quantitative estimate of drug-likeness (QED) is 0.889. The summed E-state index contributed by atoms with van der Waals surface area (Å²) in [5.41, 5.74) is 1.74. The average Bonchev–Trinajstić information content (AvgIpc) is 2.63. The summed E-state index contributed by atoms with van der Waals surface area (Å²) in [6, 6.07) is 17.6. The van der Waals surface area contributed by atoms with Crippen LogP contribution in [-0.4, -0.2) is 25.0 Å². The molecule has 0 saturated carbocycles. The third-order valence-corrected chi connectivity index (χ3v) is 4.49. The molecule has 1 heterocycles. The summed E-state index contributed by atoms with van der Waals surface area (Å²) in [6.07, 6.45) is 1.09. The summed E-state index contributed by atoms with van der Waals surface area (Å²) in [5, 5.41) is 6.46. The molecule has 0 spiro atoms. The number of rotatable bonds is 5. The smallest absolute Gasteiger partial charge is 0.251 e. The maximum atomic E-state index is 12.5. The van der Waals surface area contributed by atoms with Gasteiger partial charge in [-0.3, -0.25) is 4.79 Å². The fourth-order valence-electron chi connectivity index (χ4n) is 2.90. The Hall–Kier alpha value is -2.33. The zero-order chi connectivity index (χ0) is 16.8. The van der Waals surface area contributed by atoms with Gasteiger partial charge in [0.25, 0.3) is 5.91 Å². The molecule has 1 aliphatic heterocycles. The van der Waals surface area contributed by atoms with Gasteiger partial charge in [0.15, 0.2) is 0 Å². The van der Waals surface area contributed by atoms with Crippen LogP contribution in [0.1, 0.15) is 29.3 Å². The molecule has 0 aromatic heterocycles. The second-order valence-corrected chi connectivity index (χ2v) is 6.35. The first-order valence-corrected chi connectivity index (χ1v) is 8.51. The van der Waals surface area contributed by atoms with Crippen molar-refractivity contribution in [1.29, 1.82) is 0 Å². The zero-order valence-electron chi connectivity index (χ0n) is 14.0. The molecule has 126 valence electrons. The van der Waals surface area contributed by atoms with Gasteiger partial charge in [-0.15, -0.1) is 0 Å². The maximum Gasteiger partial charge on any atom is 0.251 e. The van der Waals surface area contributed by atoms with E-state index in [1.165, 1.54) is 0 Å². The number of amides is 1. The maximum absolute atomic E-state index is 12.5. The summed E-state index contributed by atoms with van der Waals surface area (Å²) in [7, 11) is 0. The monoisotopic (exact) mass is 324 g/mol. The number of ether oxygens (including phenoxy) is 1. The Kier molecular flexibility index (Phi) is 5.49. The van der Waals surface area contributed by atoms with Crippen LogP contribution in [0, 0.1) is 5.92 Å². The van der Waals surface area contributed by atoms with Gasteiger partial charge >= 0.3 is 0 Å². The molecule has 2 atom stereocenters. The Morgan fingerprint density at radius 1 is 1.21 bits per heavy atom. The average molecular weight is 324 g/mol. The second kappa shape index (κ2) is 7.97. The van der Waals surface area contributed by atoms with Crippen molar-refractivity contribution in [1.82, 2.24) is 10.6 Å². The summed E-state index contributed by atoms with van der Waals surface area (Å²) in [4.78, 5) is 12.5. The summed E-state index contributed by atoms with van der Waals surface area (Å²) in [6.45, 7) is 4.54. The molecular weight excluding hydrogens is 300 g/mol. The molecule has 2 N–H and O–H groups in total. The molecule has 3 rings (SSSR count). The SMILES string of the molecule is CC1CCNCC1NC(=O)c1cccc(OCc2ccccc2)c1.